The molecule has 1 aromatic heterocycles. The molecule has 1 aromatic rings. The molecular weight excluding hydrogens is 294 g/mol. The van der Waals surface area contributed by atoms with Crippen LogP contribution >= 0.6 is 22.9 Å². The van der Waals surface area contributed by atoms with E-state index in [0.29, 0.717) is 24.3 Å². The summed E-state index contributed by atoms with van der Waals surface area (Å²) in [6.45, 7) is 7.45. The molecule has 20 heavy (non-hydrogen) atoms. The molecule has 0 bridgehead atoms. The first-order valence-electron chi connectivity index (χ1n) is 7.08. The van der Waals surface area contributed by atoms with Crippen molar-refractivity contribution in [2.45, 2.75) is 38.6 Å². The van der Waals surface area contributed by atoms with Crippen molar-refractivity contribution in [2.24, 2.45) is 5.92 Å². The maximum atomic E-state index is 11.9. The van der Waals surface area contributed by atoms with Gasteiger partial charge in [0.25, 0.3) is 0 Å². The molecule has 1 atom stereocenters. The molecule has 1 aliphatic heterocycles. The molecule has 6 heteroatoms. The van der Waals surface area contributed by atoms with Crippen molar-refractivity contribution in [1.29, 1.82) is 0 Å². The average molecular weight is 316 g/mol. The fraction of sp³-hybridized carbons (Fsp3) is 0.714. The second-order valence-electron chi connectivity index (χ2n) is 5.59. The number of carbonyl (C=O) groups is 1. The Morgan fingerprint density at radius 3 is 3.05 bits per heavy atom. The van der Waals surface area contributed by atoms with Crippen LogP contribution in [0.25, 0.3) is 0 Å². The van der Waals surface area contributed by atoms with E-state index in [4.69, 9.17) is 11.6 Å². The fourth-order valence-corrected chi connectivity index (χ4v) is 3.47. The number of alkyl halides is 1. The topological polar surface area (TPSA) is 45.2 Å². The Labute approximate surface area is 129 Å². The number of carbonyl (C=O) groups excluding carboxylic acids is 1. The van der Waals surface area contributed by atoms with Gasteiger partial charge < -0.3 is 10.2 Å². The van der Waals surface area contributed by atoms with E-state index in [-0.39, 0.29) is 5.91 Å². The summed E-state index contributed by atoms with van der Waals surface area (Å²) in [5.41, 5.74) is 0.850. The van der Waals surface area contributed by atoms with Gasteiger partial charge in [-0.1, -0.05) is 0 Å². The van der Waals surface area contributed by atoms with E-state index < -0.39 is 0 Å². The SMILES string of the molecule is CC(C)N1CCC(CNC(=O)Cc2nc(CCl)cs2)C1. The lowest BCUT2D eigenvalue weighted by Gasteiger charge is -2.20. The molecule has 0 saturated carbocycles. The van der Waals surface area contributed by atoms with Crippen LogP contribution in [0.5, 0.6) is 0 Å². The summed E-state index contributed by atoms with van der Waals surface area (Å²) in [6, 6.07) is 0.597. The van der Waals surface area contributed by atoms with Crippen LogP contribution in [0.4, 0.5) is 0 Å². The minimum absolute atomic E-state index is 0.0588. The molecule has 2 heterocycles. The Hall–Kier alpha value is -0.650. The van der Waals surface area contributed by atoms with Crippen molar-refractivity contribution < 1.29 is 4.79 Å². The molecule has 1 N–H and O–H groups in total. The Bertz CT molecular complexity index is 449. The number of aromatic nitrogens is 1. The highest BCUT2D eigenvalue weighted by molar-refractivity contribution is 7.09. The van der Waals surface area contributed by atoms with Gasteiger partial charge in [-0.25, -0.2) is 4.98 Å². The normalized spacial score (nSPS) is 19.7. The van der Waals surface area contributed by atoms with Crippen LogP contribution in [0.1, 0.15) is 31.0 Å². The van der Waals surface area contributed by atoms with Crippen LogP contribution in [0, 0.1) is 5.92 Å². The fourth-order valence-electron chi connectivity index (χ4n) is 2.45. The molecule has 0 spiro atoms. The van der Waals surface area contributed by atoms with Crippen molar-refractivity contribution in [2.75, 3.05) is 19.6 Å². The third kappa shape index (κ3) is 4.43. The third-order valence-electron chi connectivity index (χ3n) is 3.68. The van der Waals surface area contributed by atoms with Crippen LogP contribution in [0.15, 0.2) is 5.38 Å². The van der Waals surface area contributed by atoms with Gasteiger partial charge in [0.2, 0.25) is 5.91 Å². The average Bonchev–Trinajstić information content (AvgIpc) is 3.05. The highest BCUT2D eigenvalue weighted by Crippen LogP contribution is 2.17. The number of hydrogen-bond donors (Lipinski definition) is 1. The van der Waals surface area contributed by atoms with Gasteiger partial charge in [-0.05, 0) is 32.7 Å². The van der Waals surface area contributed by atoms with Gasteiger partial charge in [0, 0.05) is 24.5 Å². The van der Waals surface area contributed by atoms with Crippen molar-refractivity contribution in [3.05, 3.63) is 16.1 Å². The standard InChI is InChI=1S/C14H22ClN3OS/c1-10(2)18-4-3-11(8-18)7-16-13(19)5-14-17-12(6-15)9-20-14/h9-11H,3-8H2,1-2H3,(H,16,19). The van der Waals surface area contributed by atoms with Crippen LogP contribution in [0.2, 0.25) is 0 Å². The van der Waals surface area contributed by atoms with Crippen LogP contribution in [-0.2, 0) is 17.1 Å². The lowest BCUT2D eigenvalue weighted by molar-refractivity contribution is -0.120. The number of rotatable bonds is 6. The Morgan fingerprint density at radius 1 is 1.65 bits per heavy atom. The number of halogens is 1. The quantitative estimate of drug-likeness (QED) is 0.819. The first-order valence-corrected chi connectivity index (χ1v) is 8.50. The Morgan fingerprint density at radius 2 is 2.45 bits per heavy atom. The molecule has 112 valence electrons. The molecular formula is C14H22ClN3OS. The lowest BCUT2D eigenvalue weighted by Crippen LogP contribution is -2.33. The zero-order valence-electron chi connectivity index (χ0n) is 12.1. The van der Waals surface area contributed by atoms with Gasteiger partial charge >= 0.3 is 0 Å². The number of amides is 1. The highest BCUT2D eigenvalue weighted by Gasteiger charge is 2.24. The maximum absolute atomic E-state index is 11.9. The second kappa shape index (κ2) is 7.38. The number of likely N-dealkylation sites (tertiary alicyclic amines) is 1. The zero-order chi connectivity index (χ0) is 14.5. The molecule has 1 saturated heterocycles. The van der Waals surface area contributed by atoms with Gasteiger partial charge in [0.05, 0.1) is 18.0 Å². The molecule has 1 unspecified atom stereocenters. The Balaban J connectivity index is 1.70. The number of thiazole rings is 1. The van der Waals surface area contributed by atoms with Crippen LogP contribution in [-0.4, -0.2) is 41.5 Å². The number of hydrogen-bond acceptors (Lipinski definition) is 4. The van der Waals surface area contributed by atoms with E-state index in [1.807, 2.05) is 5.38 Å². The minimum Gasteiger partial charge on any atom is -0.355 e. The smallest absolute Gasteiger partial charge is 0.226 e. The van der Waals surface area contributed by atoms with Crippen molar-refractivity contribution in [3.8, 4) is 0 Å². The van der Waals surface area contributed by atoms with Gasteiger partial charge in [0.15, 0.2) is 0 Å². The molecule has 2 rings (SSSR count). The van der Waals surface area contributed by atoms with Gasteiger partial charge in [-0.15, -0.1) is 22.9 Å². The summed E-state index contributed by atoms with van der Waals surface area (Å²) in [6.07, 6.45) is 1.54. The molecule has 1 aliphatic rings. The van der Waals surface area contributed by atoms with E-state index in [2.05, 4.69) is 29.0 Å². The van der Waals surface area contributed by atoms with E-state index in [1.165, 1.54) is 17.8 Å². The molecule has 0 radical (unpaired) electrons. The predicted octanol–water partition coefficient (Wildman–Crippen LogP) is 2.27. The molecule has 1 fully saturated rings. The summed E-state index contributed by atoms with van der Waals surface area (Å²) >= 11 is 7.20. The highest BCUT2D eigenvalue weighted by atomic mass is 35.5. The van der Waals surface area contributed by atoms with Crippen LogP contribution < -0.4 is 5.32 Å². The summed E-state index contributed by atoms with van der Waals surface area (Å²) in [4.78, 5) is 18.7. The summed E-state index contributed by atoms with van der Waals surface area (Å²) in [5, 5.41) is 5.78. The maximum Gasteiger partial charge on any atom is 0.226 e. The lowest BCUT2D eigenvalue weighted by atomic mass is 10.1. The molecule has 4 nitrogen and oxygen atoms in total. The van der Waals surface area contributed by atoms with Crippen molar-refractivity contribution in [1.82, 2.24) is 15.2 Å². The second-order valence-corrected chi connectivity index (χ2v) is 6.80. The summed E-state index contributed by atoms with van der Waals surface area (Å²) < 4.78 is 0. The number of nitrogens with one attached hydrogen (secondary N) is 1. The largest absolute Gasteiger partial charge is 0.355 e. The van der Waals surface area contributed by atoms with Gasteiger partial charge in [-0.2, -0.15) is 0 Å². The van der Waals surface area contributed by atoms with E-state index in [9.17, 15) is 4.79 Å². The monoisotopic (exact) mass is 315 g/mol. The summed E-state index contributed by atoms with van der Waals surface area (Å²) in [5.74, 6) is 1.05. The number of nitrogens with zero attached hydrogens (tertiary/aromatic N) is 2. The first kappa shape index (κ1) is 15.7. The Kier molecular flexibility index (Phi) is 5.81. The van der Waals surface area contributed by atoms with Gasteiger partial charge in [-0.3, -0.25) is 4.79 Å². The van der Waals surface area contributed by atoms with E-state index >= 15 is 0 Å². The van der Waals surface area contributed by atoms with Crippen LogP contribution in [0.3, 0.4) is 0 Å². The molecule has 0 aliphatic carbocycles. The summed E-state index contributed by atoms with van der Waals surface area (Å²) in [7, 11) is 0. The minimum atomic E-state index is 0.0588. The zero-order valence-corrected chi connectivity index (χ0v) is 13.6. The van der Waals surface area contributed by atoms with E-state index in [0.717, 1.165) is 30.3 Å². The predicted molar refractivity (Wildman–Crippen MR) is 83.2 cm³/mol. The molecule has 1 amide bonds. The van der Waals surface area contributed by atoms with Crippen molar-refractivity contribution in [3.63, 3.8) is 0 Å². The molecule has 0 aromatic carbocycles. The van der Waals surface area contributed by atoms with Gasteiger partial charge in [0.1, 0.15) is 5.01 Å². The first-order chi connectivity index (χ1) is 9.58. The third-order valence-corrected chi connectivity index (χ3v) is 4.85. The van der Waals surface area contributed by atoms with E-state index in [1.54, 1.807) is 0 Å². The van der Waals surface area contributed by atoms with Crippen molar-refractivity contribution >= 4 is 28.8 Å².